The van der Waals surface area contributed by atoms with E-state index in [0.717, 1.165) is 11.8 Å². The molecule has 0 amide bonds. The molecule has 4 saturated carbocycles. The molecule has 11 heavy (non-hydrogen) atoms. The van der Waals surface area contributed by atoms with Crippen LogP contribution in [0.25, 0.3) is 0 Å². The summed E-state index contributed by atoms with van der Waals surface area (Å²) < 4.78 is 5.13. The van der Waals surface area contributed by atoms with Crippen LogP contribution in [0.3, 0.4) is 0 Å². The van der Waals surface area contributed by atoms with Gasteiger partial charge in [-0.25, -0.2) is 0 Å². The molecule has 0 aromatic heterocycles. The van der Waals surface area contributed by atoms with Crippen LogP contribution in [-0.4, -0.2) is 17.5 Å². The predicted octanol–water partition coefficient (Wildman–Crippen LogP) is 1.03. The molecule has 0 aromatic rings. The van der Waals surface area contributed by atoms with Crippen LogP contribution in [0.1, 0.15) is 6.92 Å². The number of carbonyl (C=O) groups excluding carboxylic acids is 1. The molecule has 0 radical (unpaired) electrons. The predicted molar refractivity (Wildman–Crippen MR) is 39.2 cm³/mol. The Morgan fingerprint density at radius 2 is 1.91 bits per heavy atom. The van der Waals surface area contributed by atoms with E-state index < -0.39 is 0 Å². The molecule has 0 spiro atoms. The standard InChI is InChI=1S/C8H9ClO2/c1-2(10)11-8-6-3-4(6)5(3)7(8)9/h3-8H,1H3. The van der Waals surface area contributed by atoms with Crippen LogP contribution < -0.4 is 0 Å². The number of ether oxygens (including phenoxy) is 1. The average molecular weight is 173 g/mol. The summed E-state index contributed by atoms with van der Waals surface area (Å²) in [5, 5.41) is 0.124. The Kier molecular flexibility index (Phi) is 0.905. The van der Waals surface area contributed by atoms with Crippen molar-refractivity contribution in [3.63, 3.8) is 0 Å². The highest BCUT2D eigenvalue weighted by molar-refractivity contribution is 6.22. The molecule has 3 heteroatoms. The molecule has 2 nitrogen and oxygen atoms in total. The van der Waals surface area contributed by atoms with Crippen LogP contribution in [0.15, 0.2) is 0 Å². The highest BCUT2D eigenvalue weighted by atomic mass is 35.5. The first-order valence-corrected chi connectivity index (χ1v) is 4.47. The van der Waals surface area contributed by atoms with Crippen LogP contribution in [0.4, 0.5) is 0 Å². The molecular formula is C8H9ClO2. The van der Waals surface area contributed by atoms with Crippen molar-refractivity contribution < 1.29 is 9.53 Å². The Morgan fingerprint density at radius 3 is 2.27 bits per heavy atom. The zero-order chi connectivity index (χ0) is 7.75. The lowest BCUT2D eigenvalue weighted by atomic mass is 10.2. The zero-order valence-corrected chi connectivity index (χ0v) is 6.91. The molecule has 4 fully saturated rings. The lowest BCUT2D eigenvalue weighted by molar-refractivity contribution is -0.146. The van der Waals surface area contributed by atoms with Crippen molar-refractivity contribution in [1.29, 1.82) is 0 Å². The maximum atomic E-state index is 10.6. The van der Waals surface area contributed by atoms with Crippen molar-refractivity contribution in [3.05, 3.63) is 0 Å². The van der Waals surface area contributed by atoms with Crippen molar-refractivity contribution in [1.82, 2.24) is 0 Å². The van der Waals surface area contributed by atoms with E-state index in [4.69, 9.17) is 16.3 Å². The van der Waals surface area contributed by atoms with Gasteiger partial charge in [-0.2, -0.15) is 0 Å². The van der Waals surface area contributed by atoms with Gasteiger partial charge in [-0.15, -0.1) is 11.6 Å². The van der Waals surface area contributed by atoms with Crippen LogP contribution >= 0.6 is 11.6 Å². The van der Waals surface area contributed by atoms with Crippen LogP contribution in [0.5, 0.6) is 0 Å². The Morgan fingerprint density at radius 1 is 1.27 bits per heavy atom. The molecule has 4 atom stereocenters. The fourth-order valence-electron chi connectivity index (χ4n) is 2.77. The molecule has 4 aliphatic rings. The molecule has 0 heterocycles. The first-order chi connectivity index (χ1) is 5.22. The number of hydrogen-bond acceptors (Lipinski definition) is 2. The van der Waals surface area contributed by atoms with E-state index in [1.54, 1.807) is 0 Å². The molecule has 4 unspecified atom stereocenters. The fraction of sp³-hybridized carbons (Fsp3) is 0.875. The summed E-state index contributed by atoms with van der Waals surface area (Å²) in [4.78, 5) is 10.6. The number of halogens is 1. The molecule has 4 rings (SSSR count). The molecule has 2 bridgehead atoms. The summed E-state index contributed by atoms with van der Waals surface area (Å²) in [6.07, 6.45) is 0.0502. The first kappa shape index (κ1) is 6.30. The third kappa shape index (κ3) is 0.583. The summed E-state index contributed by atoms with van der Waals surface area (Å²) in [5.41, 5.74) is 0. The maximum Gasteiger partial charge on any atom is 0.302 e. The average Bonchev–Trinajstić information content (AvgIpc) is 2.67. The van der Waals surface area contributed by atoms with E-state index in [2.05, 4.69) is 0 Å². The van der Waals surface area contributed by atoms with Gasteiger partial charge >= 0.3 is 5.97 Å². The van der Waals surface area contributed by atoms with Crippen molar-refractivity contribution in [3.8, 4) is 0 Å². The molecule has 0 N–H and O–H groups in total. The lowest BCUT2D eigenvalue weighted by Gasteiger charge is -2.12. The normalized spacial score (nSPS) is 62.0. The molecule has 0 aliphatic heterocycles. The highest BCUT2D eigenvalue weighted by Crippen LogP contribution is 2.83. The van der Waals surface area contributed by atoms with E-state index in [9.17, 15) is 4.79 Å². The summed E-state index contributed by atoms with van der Waals surface area (Å²) in [6.45, 7) is 1.45. The van der Waals surface area contributed by atoms with Gasteiger partial charge in [0.15, 0.2) is 0 Å². The zero-order valence-electron chi connectivity index (χ0n) is 6.16. The second-order valence-electron chi connectivity index (χ2n) is 3.83. The number of alkyl halides is 1. The highest BCUT2D eigenvalue weighted by Gasteiger charge is 2.85. The van der Waals surface area contributed by atoms with Gasteiger partial charge in [0.1, 0.15) is 6.10 Å². The second-order valence-corrected chi connectivity index (χ2v) is 4.33. The van der Waals surface area contributed by atoms with Crippen molar-refractivity contribution in [2.45, 2.75) is 18.4 Å². The van der Waals surface area contributed by atoms with Gasteiger partial charge in [0.05, 0.1) is 5.38 Å². The lowest BCUT2D eigenvalue weighted by Crippen LogP contribution is -2.22. The quantitative estimate of drug-likeness (QED) is 0.436. The van der Waals surface area contributed by atoms with Gasteiger partial charge in [-0.1, -0.05) is 0 Å². The number of esters is 1. The topological polar surface area (TPSA) is 26.3 Å². The van der Waals surface area contributed by atoms with Crippen molar-refractivity contribution in [2.24, 2.45) is 23.7 Å². The van der Waals surface area contributed by atoms with Gasteiger partial charge in [0, 0.05) is 12.8 Å². The largest absolute Gasteiger partial charge is 0.461 e. The molecule has 0 saturated heterocycles. The Bertz CT molecular complexity index is 230. The Balaban J connectivity index is 1.75. The Hall–Kier alpha value is -0.240. The van der Waals surface area contributed by atoms with Gasteiger partial charge in [-0.3, -0.25) is 4.79 Å². The number of rotatable bonds is 1. The number of fused-ring (bicyclic) bond motifs is 1. The van der Waals surface area contributed by atoms with E-state index in [-0.39, 0.29) is 17.5 Å². The van der Waals surface area contributed by atoms with Crippen molar-refractivity contribution in [2.75, 3.05) is 0 Å². The fourth-order valence-corrected chi connectivity index (χ4v) is 3.32. The van der Waals surface area contributed by atoms with Crippen LogP contribution in [0.2, 0.25) is 0 Å². The summed E-state index contributed by atoms with van der Waals surface area (Å²) in [6, 6.07) is 0. The van der Waals surface area contributed by atoms with Crippen LogP contribution in [0, 0.1) is 23.7 Å². The van der Waals surface area contributed by atoms with E-state index in [0.29, 0.717) is 11.8 Å². The summed E-state index contributed by atoms with van der Waals surface area (Å²) >= 11 is 6.06. The third-order valence-electron chi connectivity index (χ3n) is 3.30. The second kappa shape index (κ2) is 1.58. The van der Waals surface area contributed by atoms with E-state index in [1.165, 1.54) is 6.92 Å². The van der Waals surface area contributed by atoms with Crippen molar-refractivity contribution >= 4 is 17.6 Å². The van der Waals surface area contributed by atoms with Crippen LogP contribution in [-0.2, 0) is 9.53 Å². The number of carbonyl (C=O) groups is 1. The van der Waals surface area contributed by atoms with Gasteiger partial charge < -0.3 is 4.74 Å². The SMILES string of the molecule is CC(=O)OC1C(Cl)C2C3C1C23. The minimum atomic E-state index is -0.187. The third-order valence-corrected chi connectivity index (χ3v) is 3.84. The molecule has 0 aromatic carbocycles. The maximum absolute atomic E-state index is 10.6. The smallest absolute Gasteiger partial charge is 0.302 e. The first-order valence-electron chi connectivity index (χ1n) is 4.03. The monoisotopic (exact) mass is 172 g/mol. The molecule has 4 aliphatic carbocycles. The van der Waals surface area contributed by atoms with E-state index >= 15 is 0 Å². The Labute approximate surface area is 69.9 Å². The van der Waals surface area contributed by atoms with Gasteiger partial charge in [0.25, 0.3) is 0 Å². The summed E-state index contributed by atoms with van der Waals surface area (Å²) in [7, 11) is 0. The minimum Gasteiger partial charge on any atom is -0.461 e. The minimum absolute atomic E-state index is 0.0502. The molecular weight excluding hydrogens is 164 g/mol. The number of hydrogen-bond donors (Lipinski definition) is 0. The summed E-state index contributed by atoms with van der Waals surface area (Å²) in [5.74, 6) is 2.83. The van der Waals surface area contributed by atoms with E-state index in [1.807, 2.05) is 0 Å². The molecule has 60 valence electrons. The van der Waals surface area contributed by atoms with Gasteiger partial charge in [0.2, 0.25) is 0 Å². The van der Waals surface area contributed by atoms with Gasteiger partial charge in [-0.05, 0) is 17.8 Å².